The highest BCUT2D eigenvalue weighted by Crippen LogP contribution is 2.18. The topological polar surface area (TPSA) is 38.5 Å². The van der Waals surface area contributed by atoms with Gasteiger partial charge < -0.3 is 15.4 Å². The molecule has 1 aliphatic heterocycles. The molecule has 1 saturated heterocycles. The summed E-state index contributed by atoms with van der Waals surface area (Å²) < 4.78 is 5.20. The van der Waals surface area contributed by atoms with Crippen LogP contribution in [0.1, 0.15) is 26.2 Å². The Kier molecular flexibility index (Phi) is 6.22. The number of nitrogens with zero attached hydrogens (tertiary/aromatic N) is 1. The lowest BCUT2D eigenvalue weighted by atomic mass is 10.1. The second-order valence-electron chi connectivity index (χ2n) is 4.91. The molecule has 3 nitrogen and oxygen atoms in total. The van der Waals surface area contributed by atoms with Crippen molar-refractivity contribution in [3.05, 3.63) is 0 Å². The van der Waals surface area contributed by atoms with Gasteiger partial charge in [-0.05, 0) is 44.2 Å². The molecule has 1 rings (SSSR count). The molecule has 0 spiro atoms. The second-order valence-corrected chi connectivity index (χ2v) is 4.91. The number of likely N-dealkylation sites (tertiary alicyclic amines) is 1. The second kappa shape index (κ2) is 7.20. The number of ether oxygens (including phenoxy) is 1. The maximum atomic E-state index is 5.52. The molecule has 1 fully saturated rings. The van der Waals surface area contributed by atoms with E-state index in [0.717, 1.165) is 31.4 Å². The Labute approximate surface area is 94.0 Å². The van der Waals surface area contributed by atoms with Crippen molar-refractivity contribution in [3.8, 4) is 0 Å². The third-order valence-corrected chi connectivity index (χ3v) is 3.24. The van der Waals surface area contributed by atoms with E-state index in [1.54, 1.807) is 7.11 Å². The van der Waals surface area contributed by atoms with E-state index in [9.17, 15) is 0 Å². The third-order valence-electron chi connectivity index (χ3n) is 3.24. The molecule has 1 heterocycles. The third kappa shape index (κ3) is 4.96. The molecule has 2 unspecified atom stereocenters. The minimum absolute atomic E-state index is 0.761. The van der Waals surface area contributed by atoms with Gasteiger partial charge in [0, 0.05) is 20.2 Å². The molecule has 3 heteroatoms. The highest BCUT2D eigenvalue weighted by atomic mass is 16.5. The lowest BCUT2D eigenvalue weighted by Gasteiger charge is -2.20. The van der Waals surface area contributed by atoms with Crippen LogP contribution in [-0.4, -0.2) is 44.8 Å². The summed E-state index contributed by atoms with van der Waals surface area (Å²) in [6.45, 7) is 7.80. The Bertz CT molecular complexity index is 164. The molecule has 0 aromatic rings. The Morgan fingerprint density at radius 1 is 1.53 bits per heavy atom. The molecule has 0 aliphatic carbocycles. The Morgan fingerprint density at radius 2 is 2.33 bits per heavy atom. The Morgan fingerprint density at radius 3 is 3.00 bits per heavy atom. The van der Waals surface area contributed by atoms with Crippen molar-refractivity contribution in [3.63, 3.8) is 0 Å². The average molecular weight is 214 g/mol. The molecule has 0 amide bonds. The monoisotopic (exact) mass is 214 g/mol. The Balaban J connectivity index is 2.12. The van der Waals surface area contributed by atoms with Crippen molar-refractivity contribution in [2.45, 2.75) is 26.2 Å². The largest absolute Gasteiger partial charge is 0.384 e. The molecule has 90 valence electrons. The quantitative estimate of drug-likeness (QED) is 0.695. The predicted octanol–water partition coefficient (Wildman–Crippen LogP) is 1.33. The first-order valence-corrected chi connectivity index (χ1v) is 6.17. The highest BCUT2D eigenvalue weighted by molar-refractivity contribution is 4.76. The average Bonchev–Trinajstić information content (AvgIpc) is 2.63. The number of nitrogens with two attached hydrogens (primary N) is 1. The minimum atomic E-state index is 0.761. The molecule has 2 atom stereocenters. The van der Waals surface area contributed by atoms with Gasteiger partial charge in [-0.3, -0.25) is 0 Å². The van der Waals surface area contributed by atoms with Crippen LogP contribution in [0, 0.1) is 11.8 Å². The van der Waals surface area contributed by atoms with Crippen LogP contribution in [0.15, 0.2) is 0 Å². The van der Waals surface area contributed by atoms with Crippen LogP contribution >= 0.6 is 0 Å². The fourth-order valence-corrected chi connectivity index (χ4v) is 2.45. The fourth-order valence-electron chi connectivity index (χ4n) is 2.45. The standard InChI is InChI=1S/C12H26N2O/c1-11(4-3-6-13)8-14-7-5-12(9-14)10-15-2/h11-12H,3-10,13H2,1-2H3. The van der Waals surface area contributed by atoms with Gasteiger partial charge in [-0.15, -0.1) is 0 Å². The zero-order valence-electron chi connectivity index (χ0n) is 10.2. The molecular weight excluding hydrogens is 188 g/mol. The summed E-state index contributed by atoms with van der Waals surface area (Å²) in [5.41, 5.74) is 5.52. The smallest absolute Gasteiger partial charge is 0.0503 e. The first kappa shape index (κ1) is 12.9. The SMILES string of the molecule is COCC1CCN(CC(C)CCCN)C1. The molecule has 0 radical (unpaired) electrons. The summed E-state index contributed by atoms with van der Waals surface area (Å²) in [5, 5.41) is 0. The normalized spacial score (nSPS) is 24.6. The fraction of sp³-hybridized carbons (Fsp3) is 1.00. The van der Waals surface area contributed by atoms with Crippen LogP contribution in [0.3, 0.4) is 0 Å². The molecule has 0 bridgehead atoms. The van der Waals surface area contributed by atoms with Gasteiger partial charge in [-0.25, -0.2) is 0 Å². The van der Waals surface area contributed by atoms with Crippen LogP contribution in [0.4, 0.5) is 0 Å². The highest BCUT2D eigenvalue weighted by Gasteiger charge is 2.22. The molecule has 1 aliphatic rings. The zero-order valence-corrected chi connectivity index (χ0v) is 10.2. The van der Waals surface area contributed by atoms with E-state index >= 15 is 0 Å². The van der Waals surface area contributed by atoms with E-state index in [1.807, 2.05) is 0 Å². The van der Waals surface area contributed by atoms with Crippen molar-refractivity contribution in [2.24, 2.45) is 17.6 Å². The number of rotatable bonds is 7. The van der Waals surface area contributed by atoms with E-state index in [4.69, 9.17) is 10.5 Å². The van der Waals surface area contributed by atoms with Gasteiger partial charge >= 0.3 is 0 Å². The van der Waals surface area contributed by atoms with E-state index in [-0.39, 0.29) is 0 Å². The van der Waals surface area contributed by atoms with Crippen LogP contribution in [0.5, 0.6) is 0 Å². The van der Waals surface area contributed by atoms with Gasteiger partial charge in [0.25, 0.3) is 0 Å². The zero-order chi connectivity index (χ0) is 11.1. The molecule has 2 N–H and O–H groups in total. The van der Waals surface area contributed by atoms with Crippen molar-refractivity contribution in [2.75, 3.05) is 39.9 Å². The van der Waals surface area contributed by atoms with E-state index in [2.05, 4.69) is 11.8 Å². The van der Waals surface area contributed by atoms with Crippen molar-refractivity contribution in [1.29, 1.82) is 0 Å². The molecule has 15 heavy (non-hydrogen) atoms. The van der Waals surface area contributed by atoms with E-state index in [0.29, 0.717) is 0 Å². The van der Waals surface area contributed by atoms with Crippen LogP contribution in [0.2, 0.25) is 0 Å². The van der Waals surface area contributed by atoms with Crippen molar-refractivity contribution < 1.29 is 4.74 Å². The maximum absolute atomic E-state index is 5.52. The van der Waals surface area contributed by atoms with Gasteiger partial charge in [0.05, 0.1) is 6.61 Å². The summed E-state index contributed by atoms with van der Waals surface area (Å²) in [4.78, 5) is 2.57. The summed E-state index contributed by atoms with van der Waals surface area (Å²) in [7, 11) is 1.80. The number of hydrogen-bond donors (Lipinski definition) is 1. The van der Waals surface area contributed by atoms with Crippen molar-refractivity contribution >= 4 is 0 Å². The van der Waals surface area contributed by atoms with Gasteiger partial charge in [0.2, 0.25) is 0 Å². The van der Waals surface area contributed by atoms with Gasteiger partial charge in [-0.2, -0.15) is 0 Å². The van der Waals surface area contributed by atoms with Gasteiger partial charge in [-0.1, -0.05) is 6.92 Å². The molecule has 0 aromatic heterocycles. The van der Waals surface area contributed by atoms with Crippen molar-refractivity contribution in [1.82, 2.24) is 4.90 Å². The lowest BCUT2D eigenvalue weighted by Crippen LogP contribution is -2.27. The first-order chi connectivity index (χ1) is 7.26. The maximum Gasteiger partial charge on any atom is 0.0503 e. The summed E-state index contributed by atoms with van der Waals surface area (Å²) in [6.07, 6.45) is 3.73. The minimum Gasteiger partial charge on any atom is -0.384 e. The summed E-state index contributed by atoms with van der Waals surface area (Å²) in [6, 6.07) is 0. The first-order valence-electron chi connectivity index (χ1n) is 6.17. The molecule has 0 saturated carbocycles. The molecule has 0 aromatic carbocycles. The van der Waals surface area contributed by atoms with E-state index < -0.39 is 0 Å². The summed E-state index contributed by atoms with van der Waals surface area (Å²) >= 11 is 0. The van der Waals surface area contributed by atoms with Gasteiger partial charge in [0.1, 0.15) is 0 Å². The number of methoxy groups -OCH3 is 1. The van der Waals surface area contributed by atoms with E-state index in [1.165, 1.54) is 32.5 Å². The van der Waals surface area contributed by atoms with Gasteiger partial charge in [0.15, 0.2) is 0 Å². The van der Waals surface area contributed by atoms with Crippen LogP contribution < -0.4 is 5.73 Å². The number of hydrogen-bond acceptors (Lipinski definition) is 3. The molecular formula is C12H26N2O. The Hall–Kier alpha value is -0.120. The summed E-state index contributed by atoms with van der Waals surface area (Å²) in [5.74, 6) is 1.55. The lowest BCUT2D eigenvalue weighted by molar-refractivity contribution is 0.151. The van der Waals surface area contributed by atoms with Crippen LogP contribution in [0.25, 0.3) is 0 Å². The predicted molar refractivity (Wildman–Crippen MR) is 63.9 cm³/mol. The van der Waals surface area contributed by atoms with Crippen LogP contribution in [-0.2, 0) is 4.74 Å².